The number of aromatic nitrogens is 1. The van der Waals surface area contributed by atoms with Crippen molar-refractivity contribution in [1.82, 2.24) is 4.98 Å². The van der Waals surface area contributed by atoms with E-state index < -0.39 is 6.10 Å². The summed E-state index contributed by atoms with van der Waals surface area (Å²) >= 11 is 0. The van der Waals surface area contributed by atoms with E-state index in [9.17, 15) is 9.90 Å². The summed E-state index contributed by atoms with van der Waals surface area (Å²) in [6.45, 7) is 0. The van der Waals surface area contributed by atoms with Crippen molar-refractivity contribution in [1.29, 1.82) is 0 Å². The Morgan fingerprint density at radius 2 is 1.71 bits per heavy atom. The van der Waals surface area contributed by atoms with E-state index in [-0.39, 0.29) is 12.3 Å². The molecule has 1 unspecified atom stereocenters. The second-order valence-electron chi connectivity index (χ2n) is 5.15. The van der Waals surface area contributed by atoms with Crippen molar-refractivity contribution >= 4 is 5.91 Å². The zero-order chi connectivity index (χ0) is 15.1. The van der Waals surface area contributed by atoms with Crippen LogP contribution in [-0.2, 0) is 17.6 Å². The van der Waals surface area contributed by atoms with E-state index in [1.807, 2.05) is 36.4 Å². The van der Waals surface area contributed by atoms with Crippen LogP contribution < -0.4 is 5.73 Å². The molecule has 2 aromatic rings. The van der Waals surface area contributed by atoms with Gasteiger partial charge in [-0.05, 0) is 48.1 Å². The lowest BCUT2D eigenvalue weighted by atomic mass is 10.0. The Kier molecular flexibility index (Phi) is 5.46. The molecule has 1 atom stereocenters. The Bertz CT molecular complexity index is 567. The van der Waals surface area contributed by atoms with Gasteiger partial charge in [0.1, 0.15) is 0 Å². The smallest absolute Gasteiger partial charge is 0.221 e. The number of aliphatic hydroxyl groups excluding tert-OH is 1. The molecule has 0 saturated heterocycles. The first-order valence-electron chi connectivity index (χ1n) is 7.09. The van der Waals surface area contributed by atoms with Gasteiger partial charge < -0.3 is 10.8 Å². The molecule has 4 heteroatoms. The van der Waals surface area contributed by atoms with Gasteiger partial charge in [-0.3, -0.25) is 9.78 Å². The van der Waals surface area contributed by atoms with Crippen LogP contribution in [-0.4, -0.2) is 16.0 Å². The highest BCUT2D eigenvalue weighted by Gasteiger charge is 2.06. The minimum absolute atomic E-state index is 0.279. The third kappa shape index (κ3) is 5.00. The van der Waals surface area contributed by atoms with Gasteiger partial charge in [0.05, 0.1) is 12.5 Å². The summed E-state index contributed by atoms with van der Waals surface area (Å²) in [4.78, 5) is 14.8. The van der Waals surface area contributed by atoms with Gasteiger partial charge in [-0.25, -0.2) is 0 Å². The summed E-state index contributed by atoms with van der Waals surface area (Å²) in [5.74, 6) is -0.316. The van der Waals surface area contributed by atoms with E-state index in [1.165, 1.54) is 5.56 Å². The number of nitrogens with two attached hydrogens (primary N) is 1. The molecule has 0 spiro atoms. The summed E-state index contributed by atoms with van der Waals surface area (Å²) in [5, 5.41) is 10.1. The van der Waals surface area contributed by atoms with Crippen molar-refractivity contribution in [2.24, 2.45) is 5.73 Å². The zero-order valence-electron chi connectivity index (χ0n) is 11.9. The molecular formula is C17H20N2O2. The lowest BCUT2D eigenvalue weighted by molar-refractivity contribution is -0.117. The van der Waals surface area contributed by atoms with Gasteiger partial charge in [-0.2, -0.15) is 0 Å². The number of aliphatic hydroxyl groups is 1. The summed E-state index contributed by atoms with van der Waals surface area (Å²) in [5.41, 5.74) is 8.20. The predicted octanol–water partition coefficient (Wildman–Crippen LogP) is 2.17. The SMILES string of the molecule is NC(=O)Cc1ccc(CCCC(O)c2ccncc2)cc1. The molecule has 0 aliphatic rings. The largest absolute Gasteiger partial charge is 0.388 e. The molecule has 4 nitrogen and oxygen atoms in total. The average Bonchev–Trinajstić information content (AvgIpc) is 2.49. The number of rotatable bonds is 7. The predicted molar refractivity (Wildman–Crippen MR) is 81.5 cm³/mol. The van der Waals surface area contributed by atoms with Gasteiger partial charge in [-0.15, -0.1) is 0 Å². The Hall–Kier alpha value is -2.20. The van der Waals surface area contributed by atoms with Gasteiger partial charge in [-0.1, -0.05) is 24.3 Å². The first-order chi connectivity index (χ1) is 10.1. The monoisotopic (exact) mass is 284 g/mol. The first kappa shape index (κ1) is 15.2. The van der Waals surface area contributed by atoms with Crippen LogP contribution in [0.4, 0.5) is 0 Å². The summed E-state index contributed by atoms with van der Waals surface area (Å²) in [6.07, 6.45) is 5.74. The number of nitrogens with zero attached hydrogens (tertiary/aromatic N) is 1. The van der Waals surface area contributed by atoms with E-state index in [0.29, 0.717) is 6.42 Å². The Balaban J connectivity index is 1.79. The number of primary amides is 1. The minimum Gasteiger partial charge on any atom is -0.388 e. The van der Waals surface area contributed by atoms with E-state index in [4.69, 9.17) is 5.73 Å². The molecule has 21 heavy (non-hydrogen) atoms. The van der Waals surface area contributed by atoms with Crippen molar-refractivity contribution in [2.45, 2.75) is 31.8 Å². The second-order valence-corrected chi connectivity index (χ2v) is 5.15. The number of pyridine rings is 1. The standard InChI is InChI=1S/C17H20N2O2/c18-17(21)12-14-6-4-13(5-7-14)2-1-3-16(20)15-8-10-19-11-9-15/h4-11,16,20H,1-3,12H2,(H2,18,21). The van der Waals surface area contributed by atoms with Crippen LogP contribution in [0.2, 0.25) is 0 Å². The zero-order valence-corrected chi connectivity index (χ0v) is 11.9. The molecule has 1 aromatic carbocycles. The van der Waals surface area contributed by atoms with Crippen LogP contribution in [0.5, 0.6) is 0 Å². The highest BCUT2D eigenvalue weighted by Crippen LogP contribution is 2.18. The maximum absolute atomic E-state index is 10.8. The molecular weight excluding hydrogens is 264 g/mol. The van der Waals surface area contributed by atoms with Crippen molar-refractivity contribution in [3.8, 4) is 0 Å². The molecule has 0 aliphatic heterocycles. The maximum Gasteiger partial charge on any atom is 0.221 e. The second kappa shape index (κ2) is 7.55. The summed E-state index contributed by atoms with van der Waals surface area (Å²) in [7, 11) is 0. The quantitative estimate of drug-likeness (QED) is 0.818. The van der Waals surface area contributed by atoms with E-state index >= 15 is 0 Å². The van der Waals surface area contributed by atoms with Crippen LogP contribution in [0.15, 0.2) is 48.8 Å². The highest BCUT2D eigenvalue weighted by atomic mass is 16.3. The minimum atomic E-state index is -0.442. The lowest BCUT2D eigenvalue weighted by Crippen LogP contribution is -2.13. The van der Waals surface area contributed by atoms with E-state index in [1.54, 1.807) is 12.4 Å². The number of carbonyl (C=O) groups excluding carboxylic acids is 1. The summed E-state index contributed by atoms with van der Waals surface area (Å²) < 4.78 is 0. The summed E-state index contributed by atoms with van der Waals surface area (Å²) in [6, 6.07) is 11.6. The maximum atomic E-state index is 10.8. The molecule has 0 saturated carbocycles. The van der Waals surface area contributed by atoms with Crippen LogP contribution in [0.1, 0.15) is 35.6 Å². The molecule has 0 fully saturated rings. The third-order valence-corrected chi connectivity index (χ3v) is 3.44. The fourth-order valence-corrected chi connectivity index (χ4v) is 2.28. The van der Waals surface area contributed by atoms with Crippen LogP contribution in [0.25, 0.3) is 0 Å². The van der Waals surface area contributed by atoms with Crippen LogP contribution in [0, 0.1) is 0 Å². The Morgan fingerprint density at radius 1 is 1.10 bits per heavy atom. The van der Waals surface area contributed by atoms with Gasteiger partial charge in [0.15, 0.2) is 0 Å². The topological polar surface area (TPSA) is 76.2 Å². The van der Waals surface area contributed by atoms with Gasteiger partial charge in [0, 0.05) is 12.4 Å². The van der Waals surface area contributed by atoms with Gasteiger partial charge in [0.25, 0.3) is 0 Å². The highest BCUT2D eigenvalue weighted by molar-refractivity contribution is 5.76. The fraction of sp³-hybridized carbons (Fsp3) is 0.294. The number of hydrogen-bond donors (Lipinski definition) is 2. The first-order valence-corrected chi connectivity index (χ1v) is 7.09. The number of aryl methyl sites for hydroxylation is 1. The van der Waals surface area contributed by atoms with Gasteiger partial charge in [0.2, 0.25) is 5.91 Å². The van der Waals surface area contributed by atoms with Crippen molar-refractivity contribution < 1.29 is 9.90 Å². The molecule has 1 aromatic heterocycles. The van der Waals surface area contributed by atoms with Crippen molar-refractivity contribution in [2.75, 3.05) is 0 Å². The molecule has 0 aliphatic carbocycles. The number of amides is 1. The molecule has 1 amide bonds. The van der Waals surface area contributed by atoms with E-state index in [2.05, 4.69) is 4.98 Å². The molecule has 2 rings (SSSR count). The Labute approximate surface area is 124 Å². The molecule has 0 bridgehead atoms. The lowest BCUT2D eigenvalue weighted by Gasteiger charge is -2.10. The van der Waals surface area contributed by atoms with E-state index in [0.717, 1.165) is 24.0 Å². The number of benzene rings is 1. The molecule has 0 radical (unpaired) electrons. The molecule has 3 N–H and O–H groups in total. The van der Waals surface area contributed by atoms with Crippen LogP contribution in [0.3, 0.4) is 0 Å². The molecule has 110 valence electrons. The van der Waals surface area contributed by atoms with Crippen LogP contribution >= 0.6 is 0 Å². The Morgan fingerprint density at radius 3 is 2.33 bits per heavy atom. The third-order valence-electron chi connectivity index (χ3n) is 3.44. The van der Waals surface area contributed by atoms with Crippen molar-refractivity contribution in [3.63, 3.8) is 0 Å². The van der Waals surface area contributed by atoms with Gasteiger partial charge >= 0.3 is 0 Å². The normalized spacial score (nSPS) is 12.0. The van der Waals surface area contributed by atoms with Crippen molar-refractivity contribution in [3.05, 3.63) is 65.5 Å². The fourth-order valence-electron chi connectivity index (χ4n) is 2.28. The number of carbonyl (C=O) groups is 1. The average molecular weight is 284 g/mol. The molecule has 1 heterocycles. The number of hydrogen-bond acceptors (Lipinski definition) is 3.